The van der Waals surface area contributed by atoms with Crippen molar-refractivity contribution in [3.63, 3.8) is 0 Å². The second-order valence-corrected chi connectivity index (χ2v) is 8.13. The molecule has 1 aromatic carbocycles. The lowest BCUT2D eigenvalue weighted by Gasteiger charge is -2.22. The van der Waals surface area contributed by atoms with Crippen LogP contribution in [0.1, 0.15) is 28.2 Å². The van der Waals surface area contributed by atoms with Gasteiger partial charge in [0.05, 0.1) is 22.6 Å². The van der Waals surface area contributed by atoms with Gasteiger partial charge in [-0.3, -0.25) is 9.59 Å². The van der Waals surface area contributed by atoms with Crippen LogP contribution in [0.15, 0.2) is 46.2 Å². The Bertz CT molecular complexity index is 1050. The molecular weight excluding hydrogens is 405 g/mol. The molecule has 6 nitrogen and oxygen atoms in total. The molecule has 1 saturated heterocycles. The average molecular weight is 428 g/mol. The second-order valence-electron chi connectivity index (χ2n) is 7.18. The fourth-order valence-corrected chi connectivity index (χ4v) is 4.18. The van der Waals surface area contributed by atoms with E-state index < -0.39 is 5.82 Å². The third-order valence-electron chi connectivity index (χ3n) is 5.18. The molecule has 0 bridgehead atoms. The highest BCUT2D eigenvalue weighted by atomic mass is 32.1. The van der Waals surface area contributed by atoms with Gasteiger partial charge in [-0.05, 0) is 36.9 Å². The number of amides is 2. The van der Waals surface area contributed by atoms with Crippen molar-refractivity contribution in [1.82, 2.24) is 14.8 Å². The summed E-state index contributed by atoms with van der Waals surface area (Å²) in [6.45, 7) is 3.63. The summed E-state index contributed by atoms with van der Waals surface area (Å²) in [6.07, 6.45) is 0.798. The Hall–Kier alpha value is -3.00. The van der Waals surface area contributed by atoms with Crippen LogP contribution >= 0.6 is 11.3 Å². The van der Waals surface area contributed by atoms with E-state index in [9.17, 15) is 14.0 Å². The third kappa shape index (κ3) is 4.28. The number of halogens is 1. The molecule has 0 aliphatic carbocycles. The van der Waals surface area contributed by atoms with Crippen LogP contribution in [0.4, 0.5) is 4.39 Å². The van der Waals surface area contributed by atoms with Crippen LogP contribution in [0.2, 0.25) is 0 Å². The topological polar surface area (TPSA) is 66.7 Å². The largest absolute Gasteiger partial charge is 0.440 e. The number of hydrogen-bond donors (Lipinski definition) is 0. The molecule has 0 atom stereocenters. The minimum atomic E-state index is -0.525. The van der Waals surface area contributed by atoms with Gasteiger partial charge in [-0.2, -0.15) is 0 Å². The zero-order valence-corrected chi connectivity index (χ0v) is 17.5. The Morgan fingerprint density at radius 3 is 2.63 bits per heavy atom. The summed E-state index contributed by atoms with van der Waals surface area (Å²) in [5, 5.41) is 1.95. The van der Waals surface area contributed by atoms with Gasteiger partial charge in [0.2, 0.25) is 11.8 Å². The lowest BCUT2D eigenvalue weighted by atomic mass is 10.2. The zero-order valence-electron chi connectivity index (χ0n) is 16.6. The maximum absolute atomic E-state index is 14.0. The standard InChI is InChI=1S/C22H22FN3O3S/c1-15-18(24-21(29-15)19-8-4-13-30-19)14-20(27)25-9-5-10-26(12-11-25)22(28)16-6-2-3-7-17(16)23/h2-4,6-8,13H,5,9-12,14H2,1H3. The Labute approximate surface area is 177 Å². The van der Waals surface area contributed by atoms with Gasteiger partial charge in [-0.25, -0.2) is 9.37 Å². The van der Waals surface area contributed by atoms with Crippen molar-refractivity contribution < 1.29 is 18.4 Å². The van der Waals surface area contributed by atoms with Crippen LogP contribution < -0.4 is 0 Å². The number of aromatic nitrogens is 1. The Morgan fingerprint density at radius 1 is 1.10 bits per heavy atom. The molecule has 0 unspecified atom stereocenters. The summed E-state index contributed by atoms with van der Waals surface area (Å²) in [5.41, 5.74) is 0.698. The number of carbonyl (C=O) groups is 2. The first-order chi connectivity index (χ1) is 14.5. The summed E-state index contributed by atoms with van der Waals surface area (Å²) in [7, 11) is 0. The van der Waals surface area contributed by atoms with Crippen LogP contribution in [-0.2, 0) is 11.2 Å². The normalized spacial score (nSPS) is 14.6. The number of hydrogen-bond acceptors (Lipinski definition) is 5. The molecule has 0 radical (unpaired) electrons. The van der Waals surface area contributed by atoms with E-state index >= 15 is 0 Å². The molecule has 3 aromatic rings. The van der Waals surface area contributed by atoms with Crippen molar-refractivity contribution in [2.24, 2.45) is 0 Å². The molecule has 156 valence electrons. The minimum absolute atomic E-state index is 0.0516. The van der Waals surface area contributed by atoms with Crippen molar-refractivity contribution in [3.8, 4) is 10.8 Å². The van der Waals surface area contributed by atoms with E-state index in [1.54, 1.807) is 21.9 Å². The molecule has 0 N–H and O–H groups in total. The van der Waals surface area contributed by atoms with E-state index in [-0.39, 0.29) is 23.8 Å². The first-order valence-corrected chi connectivity index (χ1v) is 10.7. The van der Waals surface area contributed by atoms with E-state index in [2.05, 4.69) is 4.98 Å². The van der Waals surface area contributed by atoms with Gasteiger partial charge in [0, 0.05) is 26.2 Å². The van der Waals surface area contributed by atoms with Crippen LogP contribution in [-0.4, -0.2) is 52.8 Å². The average Bonchev–Trinajstić information content (AvgIpc) is 3.32. The first kappa shape index (κ1) is 20.3. The predicted molar refractivity (Wildman–Crippen MR) is 112 cm³/mol. The van der Waals surface area contributed by atoms with E-state index in [1.807, 2.05) is 24.4 Å². The van der Waals surface area contributed by atoms with E-state index in [0.717, 1.165) is 4.88 Å². The van der Waals surface area contributed by atoms with Crippen LogP contribution in [0.3, 0.4) is 0 Å². The molecule has 0 saturated carbocycles. The SMILES string of the molecule is Cc1oc(-c2cccs2)nc1CC(=O)N1CCCN(C(=O)c2ccccc2F)CC1. The van der Waals surface area contributed by atoms with Crippen molar-refractivity contribution >= 4 is 23.2 Å². The van der Waals surface area contributed by atoms with Crippen LogP contribution in [0, 0.1) is 12.7 Å². The highest BCUT2D eigenvalue weighted by Gasteiger charge is 2.25. The number of benzene rings is 1. The smallest absolute Gasteiger partial charge is 0.256 e. The quantitative estimate of drug-likeness (QED) is 0.636. The molecule has 0 spiro atoms. The Kier molecular flexibility index (Phi) is 5.94. The first-order valence-electron chi connectivity index (χ1n) is 9.84. The summed E-state index contributed by atoms with van der Waals surface area (Å²) in [4.78, 5) is 34.3. The number of rotatable bonds is 4. The van der Waals surface area contributed by atoms with Crippen LogP contribution in [0.5, 0.6) is 0 Å². The number of thiophene rings is 1. The van der Waals surface area contributed by atoms with E-state index in [4.69, 9.17) is 4.42 Å². The van der Waals surface area contributed by atoms with Gasteiger partial charge < -0.3 is 14.2 Å². The fraction of sp³-hybridized carbons (Fsp3) is 0.318. The summed E-state index contributed by atoms with van der Waals surface area (Å²) < 4.78 is 19.7. The van der Waals surface area contributed by atoms with Gasteiger partial charge in [0.25, 0.3) is 5.91 Å². The van der Waals surface area contributed by atoms with Gasteiger partial charge in [-0.15, -0.1) is 11.3 Å². The predicted octanol–water partition coefficient (Wildman–Crippen LogP) is 3.77. The zero-order chi connectivity index (χ0) is 21.1. The highest BCUT2D eigenvalue weighted by Crippen LogP contribution is 2.26. The fourth-order valence-electron chi connectivity index (χ4n) is 3.53. The molecule has 1 fully saturated rings. The molecule has 2 aromatic heterocycles. The number of aryl methyl sites for hydroxylation is 1. The molecule has 1 aliphatic heterocycles. The van der Waals surface area contributed by atoms with Crippen molar-refractivity contribution in [1.29, 1.82) is 0 Å². The monoisotopic (exact) mass is 427 g/mol. The second kappa shape index (κ2) is 8.79. The molecule has 3 heterocycles. The van der Waals surface area contributed by atoms with E-state index in [0.29, 0.717) is 49.9 Å². The van der Waals surface area contributed by atoms with Gasteiger partial charge in [0.1, 0.15) is 11.6 Å². The van der Waals surface area contributed by atoms with Crippen molar-refractivity contribution in [3.05, 3.63) is 64.6 Å². The maximum Gasteiger partial charge on any atom is 0.256 e. The minimum Gasteiger partial charge on any atom is -0.440 e. The van der Waals surface area contributed by atoms with Crippen LogP contribution in [0.25, 0.3) is 10.8 Å². The Balaban J connectivity index is 1.39. The molecule has 2 amide bonds. The number of oxazole rings is 1. The highest BCUT2D eigenvalue weighted by molar-refractivity contribution is 7.13. The number of carbonyl (C=O) groups excluding carboxylic acids is 2. The van der Waals surface area contributed by atoms with Crippen molar-refractivity contribution in [2.45, 2.75) is 19.8 Å². The van der Waals surface area contributed by atoms with Gasteiger partial charge >= 0.3 is 0 Å². The molecule has 4 rings (SSSR count). The Morgan fingerprint density at radius 2 is 1.87 bits per heavy atom. The third-order valence-corrected chi connectivity index (χ3v) is 6.04. The lowest BCUT2D eigenvalue weighted by Crippen LogP contribution is -2.38. The molecule has 1 aliphatic rings. The van der Waals surface area contributed by atoms with Gasteiger partial charge in [0.15, 0.2) is 0 Å². The molecule has 8 heteroatoms. The number of nitrogens with zero attached hydrogens (tertiary/aromatic N) is 3. The molecular formula is C22H22FN3O3S. The summed E-state index contributed by atoms with van der Waals surface area (Å²) in [6, 6.07) is 9.84. The summed E-state index contributed by atoms with van der Waals surface area (Å²) in [5.74, 6) is 0.253. The molecule has 30 heavy (non-hydrogen) atoms. The summed E-state index contributed by atoms with van der Waals surface area (Å²) >= 11 is 1.53. The lowest BCUT2D eigenvalue weighted by molar-refractivity contribution is -0.130. The van der Waals surface area contributed by atoms with Crippen molar-refractivity contribution in [2.75, 3.05) is 26.2 Å². The van der Waals surface area contributed by atoms with Gasteiger partial charge in [-0.1, -0.05) is 18.2 Å². The van der Waals surface area contributed by atoms with E-state index in [1.165, 1.54) is 23.5 Å². The maximum atomic E-state index is 14.0.